The number of para-hydroxylation sites is 4. The van der Waals surface area contributed by atoms with Gasteiger partial charge in [0.25, 0.3) is 6.71 Å². The molecule has 0 aromatic heterocycles. The Morgan fingerprint density at radius 3 is 1.10 bits per heavy atom. The van der Waals surface area contributed by atoms with Gasteiger partial charge in [-0.2, -0.15) is 0 Å². The van der Waals surface area contributed by atoms with E-state index in [1.165, 1.54) is 94.3 Å². The fraction of sp³-hybridized carbons (Fsp3) is 0.242. The van der Waals surface area contributed by atoms with Gasteiger partial charge in [-0.25, -0.2) is 0 Å². The molecule has 2 aliphatic heterocycles. The van der Waals surface area contributed by atoms with Crippen molar-refractivity contribution in [3.8, 4) is 0 Å². The average molecular weight is 912 g/mol. The fourth-order valence-corrected chi connectivity index (χ4v) is 11.7. The number of fused-ring (bicyclic) bond motifs is 6. The number of nitrogens with zero attached hydrogens (tertiary/aromatic N) is 3. The zero-order valence-corrected chi connectivity index (χ0v) is 43.2. The van der Waals surface area contributed by atoms with Gasteiger partial charge in [0.1, 0.15) is 0 Å². The largest absolute Gasteiger partial charge is 0.311 e. The van der Waals surface area contributed by atoms with Gasteiger partial charge < -0.3 is 14.7 Å². The van der Waals surface area contributed by atoms with Crippen LogP contribution in [0.15, 0.2) is 182 Å². The minimum Gasteiger partial charge on any atom is -0.311 e. The summed E-state index contributed by atoms with van der Waals surface area (Å²) in [6.45, 7) is 28.4. The summed E-state index contributed by atoms with van der Waals surface area (Å²) in [6.07, 6.45) is 0. The van der Waals surface area contributed by atoms with E-state index in [9.17, 15) is 0 Å². The third-order valence-corrected chi connectivity index (χ3v) is 14.9. The summed E-state index contributed by atoms with van der Waals surface area (Å²) in [5, 5.41) is 4.82. The number of benzene rings is 9. The summed E-state index contributed by atoms with van der Waals surface area (Å²) in [5.41, 5.74) is 19.4. The van der Waals surface area contributed by atoms with Crippen molar-refractivity contribution in [1.29, 1.82) is 0 Å². The van der Waals surface area contributed by atoms with Crippen molar-refractivity contribution in [2.45, 2.75) is 105 Å². The Labute approximate surface area is 417 Å². The number of rotatable bonds is 5. The van der Waals surface area contributed by atoms with E-state index >= 15 is 0 Å². The molecule has 0 aliphatic carbocycles. The average Bonchev–Trinajstić information content (AvgIpc) is 3.32. The summed E-state index contributed by atoms with van der Waals surface area (Å²) >= 11 is 0. The Balaban J connectivity index is 1.38. The van der Waals surface area contributed by atoms with E-state index in [4.69, 9.17) is 0 Å². The van der Waals surface area contributed by atoms with E-state index in [1.54, 1.807) is 0 Å². The van der Waals surface area contributed by atoms with Crippen molar-refractivity contribution in [1.82, 2.24) is 0 Å². The van der Waals surface area contributed by atoms with Crippen molar-refractivity contribution in [2.24, 2.45) is 0 Å². The van der Waals surface area contributed by atoms with Crippen LogP contribution in [0.25, 0.3) is 21.5 Å². The highest BCUT2D eigenvalue weighted by Crippen LogP contribution is 2.54. The van der Waals surface area contributed by atoms with Crippen LogP contribution < -0.4 is 31.1 Å². The highest BCUT2D eigenvalue weighted by atomic mass is 15.2. The Bertz CT molecular complexity index is 3280. The van der Waals surface area contributed by atoms with E-state index in [1.807, 2.05) is 0 Å². The Hall–Kier alpha value is -7.04. The van der Waals surface area contributed by atoms with Gasteiger partial charge in [0.2, 0.25) is 0 Å². The van der Waals surface area contributed by atoms with Gasteiger partial charge in [-0.05, 0) is 107 Å². The molecule has 3 nitrogen and oxygen atoms in total. The van der Waals surface area contributed by atoms with Gasteiger partial charge in [-0.3, -0.25) is 0 Å². The van der Waals surface area contributed by atoms with Crippen molar-refractivity contribution >= 4 is 95.8 Å². The van der Waals surface area contributed by atoms with Crippen LogP contribution >= 0.6 is 0 Å². The third-order valence-electron chi connectivity index (χ3n) is 14.9. The molecule has 348 valence electrons. The van der Waals surface area contributed by atoms with Crippen LogP contribution in [0.2, 0.25) is 0 Å². The zero-order chi connectivity index (χ0) is 49.1. The SMILES string of the molecule is CC(C)(C)c1ccccc1N1c2cc(N(c3cccc4ccccc34)c3cccc4ccccc34)cc3c2B(c2cccc(C(C)(C)C)c21)c1cccc(C(C)(C)C)c1N3c1ccccc1C(C)(C)C. The maximum atomic E-state index is 2.69. The molecule has 0 radical (unpaired) electrons. The van der Waals surface area contributed by atoms with Gasteiger partial charge in [0.15, 0.2) is 0 Å². The number of hydrogen-bond donors (Lipinski definition) is 0. The summed E-state index contributed by atoms with van der Waals surface area (Å²) in [4.78, 5) is 7.94. The van der Waals surface area contributed by atoms with E-state index in [-0.39, 0.29) is 28.4 Å². The monoisotopic (exact) mass is 912 g/mol. The standard InChI is InChI=1S/C66H66BN3/c1-63(2,3)48-31-17-19-37-56(48)69-58-41-45(68(54-39-21-27-43-25-13-15-29-46(43)54)55-40-22-28-44-26-14-16-30-47(44)55)42-59-60(58)67(52-35-23-33-50(61(52)69)65(7,8)9)53-36-24-34-51(66(10,11)12)62(53)70(59)57-38-20-18-32-49(57)64(4,5)6/h13-42H,1-12H3. The first-order valence-corrected chi connectivity index (χ1v) is 25.3. The molecule has 9 aromatic carbocycles. The molecule has 0 saturated heterocycles. The van der Waals surface area contributed by atoms with Gasteiger partial charge in [-0.1, -0.05) is 229 Å². The molecule has 0 saturated carbocycles. The molecule has 0 atom stereocenters. The molecule has 0 unspecified atom stereocenters. The van der Waals surface area contributed by atoms with Gasteiger partial charge in [0, 0.05) is 44.9 Å². The summed E-state index contributed by atoms with van der Waals surface area (Å²) < 4.78 is 0. The van der Waals surface area contributed by atoms with Crippen LogP contribution in [0.1, 0.15) is 105 Å². The van der Waals surface area contributed by atoms with Crippen molar-refractivity contribution in [2.75, 3.05) is 14.7 Å². The van der Waals surface area contributed by atoms with E-state index in [0.717, 1.165) is 17.1 Å². The van der Waals surface area contributed by atoms with E-state index in [0.29, 0.717) is 0 Å². The van der Waals surface area contributed by atoms with Crippen molar-refractivity contribution < 1.29 is 0 Å². The summed E-state index contributed by atoms with van der Waals surface area (Å²) in [5.74, 6) is 0. The second kappa shape index (κ2) is 16.3. The maximum Gasteiger partial charge on any atom is 0.252 e. The molecule has 70 heavy (non-hydrogen) atoms. The molecule has 0 amide bonds. The smallest absolute Gasteiger partial charge is 0.252 e. The molecule has 11 rings (SSSR count). The topological polar surface area (TPSA) is 9.72 Å². The lowest BCUT2D eigenvalue weighted by Crippen LogP contribution is -2.62. The molecule has 2 aliphatic rings. The minimum atomic E-state index is -0.168. The van der Waals surface area contributed by atoms with Gasteiger partial charge in [0.05, 0.1) is 17.1 Å². The number of anilines is 9. The molecule has 0 fully saturated rings. The lowest BCUT2D eigenvalue weighted by atomic mass is 9.33. The quantitative estimate of drug-likeness (QED) is 0.159. The Morgan fingerprint density at radius 1 is 0.343 bits per heavy atom. The predicted octanol–water partition coefficient (Wildman–Crippen LogP) is 16.7. The van der Waals surface area contributed by atoms with Crippen LogP contribution in [-0.4, -0.2) is 6.71 Å². The highest BCUT2D eigenvalue weighted by Gasteiger charge is 2.47. The zero-order valence-electron chi connectivity index (χ0n) is 43.2. The fourth-order valence-electron chi connectivity index (χ4n) is 11.7. The first-order chi connectivity index (χ1) is 33.3. The second-order valence-electron chi connectivity index (χ2n) is 23.9. The molecule has 0 bridgehead atoms. The first kappa shape index (κ1) is 45.4. The second-order valence-corrected chi connectivity index (χ2v) is 23.9. The molecule has 2 heterocycles. The van der Waals surface area contributed by atoms with Crippen LogP contribution in [0, 0.1) is 0 Å². The lowest BCUT2D eigenvalue weighted by Gasteiger charge is -2.48. The summed E-state index contributed by atoms with van der Waals surface area (Å²) in [7, 11) is 0. The Morgan fingerprint density at radius 2 is 0.686 bits per heavy atom. The van der Waals surface area contributed by atoms with Gasteiger partial charge in [-0.15, -0.1) is 0 Å². The molecule has 0 spiro atoms. The predicted molar refractivity (Wildman–Crippen MR) is 305 cm³/mol. The molecular weight excluding hydrogens is 846 g/mol. The normalized spacial score (nSPS) is 13.6. The van der Waals surface area contributed by atoms with Gasteiger partial charge >= 0.3 is 0 Å². The first-order valence-electron chi connectivity index (χ1n) is 25.3. The molecular formula is C66H66BN3. The maximum absolute atomic E-state index is 2.69. The highest BCUT2D eigenvalue weighted by molar-refractivity contribution is 7.00. The Kier molecular flexibility index (Phi) is 10.6. The third kappa shape index (κ3) is 7.33. The molecule has 9 aromatic rings. The summed E-state index contributed by atoms with van der Waals surface area (Å²) in [6, 6.07) is 69.1. The van der Waals surface area contributed by atoms with Crippen LogP contribution in [-0.2, 0) is 21.7 Å². The van der Waals surface area contributed by atoms with Crippen LogP contribution in [0.4, 0.5) is 51.2 Å². The van der Waals surface area contributed by atoms with Crippen molar-refractivity contribution in [3.63, 3.8) is 0 Å². The minimum absolute atomic E-state index is 0.0479. The van der Waals surface area contributed by atoms with Crippen molar-refractivity contribution in [3.05, 3.63) is 204 Å². The molecule has 4 heteroatoms. The van der Waals surface area contributed by atoms with Crippen LogP contribution in [0.3, 0.4) is 0 Å². The molecule has 0 N–H and O–H groups in total. The van der Waals surface area contributed by atoms with Crippen LogP contribution in [0.5, 0.6) is 0 Å². The van der Waals surface area contributed by atoms with E-state index in [2.05, 4.69) is 280 Å². The lowest BCUT2D eigenvalue weighted by molar-refractivity contribution is 0.587. The number of hydrogen-bond acceptors (Lipinski definition) is 3. The van der Waals surface area contributed by atoms with E-state index < -0.39 is 0 Å².